The monoisotopic (exact) mass is 304 g/mol. The molecule has 120 valence electrons. The molecule has 0 bridgehead atoms. The Morgan fingerprint density at radius 3 is 2.32 bits per heavy atom. The first-order valence-electron chi connectivity index (χ1n) is 7.49. The van der Waals surface area contributed by atoms with Gasteiger partial charge in [0.05, 0.1) is 6.61 Å². The maximum Gasteiger partial charge on any atom is 0.255 e. The first-order chi connectivity index (χ1) is 10.3. The van der Waals surface area contributed by atoms with Gasteiger partial charge >= 0.3 is 0 Å². The van der Waals surface area contributed by atoms with Gasteiger partial charge < -0.3 is 15.4 Å². The molecule has 0 aliphatic carbocycles. The highest BCUT2D eigenvalue weighted by molar-refractivity contribution is 5.93. The maximum atomic E-state index is 12.6. The van der Waals surface area contributed by atoms with Gasteiger partial charge in [0.15, 0.2) is 5.60 Å². The quantitative estimate of drug-likeness (QED) is 0.805. The second-order valence-electron chi connectivity index (χ2n) is 6.83. The Labute approximate surface area is 131 Å². The minimum atomic E-state index is -0.834. The number of nitrogens with one attached hydrogen (secondary N) is 2. The molecule has 1 aromatic rings. The molecule has 5 heteroatoms. The van der Waals surface area contributed by atoms with Gasteiger partial charge in [0, 0.05) is 13.5 Å². The molecule has 2 atom stereocenters. The Bertz CT molecular complexity index is 545. The van der Waals surface area contributed by atoms with Crippen LogP contribution in [-0.2, 0) is 20.7 Å². The fourth-order valence-corrected chi connectivity index (χ4v) is 2.41. The van der Waals surface area contributed by atoms with Gasteiger partial charge in [0.25, 0.3) is 5.91 Å². The van der Waals surface area contributed by atoms with Gasteiger partial charge in [-0.3, -0.25) is 9.59 Å². The third-order valence-corrected chi connectivity index (χ3v) is 3.89. The number of likely N-dealkylation sites (N-methyl/N-ethyl adjacent to an activating group) is 1. The lowest BCUT2D eigenvalue weighted by atomic mass is 9.85. The summed E-state index contributed by atoms with van der Waals surface area (Å²) < 4.78 is 5.45. The highest BCUT2D eigenvalue weighted by Gasteiger charge is 2.53. The number of amides is 2. The van der Waals surface area contributed by atoms with E-state index >= 15 is 0 Å². The SMILES string of the molecule is CNC(=O)[C@@H](NC(=O)[C@@]1(Cc2ccccc2)CO1)C(C)(C)C. The average molecular weight is 304 g/mol. The molecule has 2 amide bonds. The van der Waals surface area contributed by atoms with Crippen molar-refractivity contribution >= 4 is 11.8 Å². The molecule has 1 heterocycles. The molecule has 1 aromatic carbocycles. The first-order valence-corrected chi connectivity index (χ1v) is 7.49. The number of epoxide rings is 1. The van der Waals surface area contributed by atoms with Gasteiger partial charge in [-0.2, -0.15) is 0 Å². The van der Waals surface area contributed by atoms with Crippen molar-refractivity contribution in [2.75, 3.05) is 13.7 Å². The molecular formula is C17H24N2O3. The zero-order valence-corrected chi connectivity index (χ0v) is 13.6. The summed E-state index contributed by atoms with van der Waals surface area (Å²) >= 11 is 0. The predicted octanol–water partition coefficient (Wildman–Crippen LogP) is 1.28. The van der Waals surface area contributed by atoms with Gasteiger partial charge in [-0.1, -0.05) is 51.1 Å². The number of carbonyl (C=O) groups excluding carboxylic acids is 2. The summed E-state index contributed by atoms with van der Waals surface area (Å²) in [5.74, 6) is -0.420. The standard InChI is InChI=1S/C17H24N2O3/c1-16(2,3)13(14(20)18-4)19-15(21)17(11-22-17)10-12-8-6-5-7-9-12/h5-9,13H,10-11H2,1-4H3,(H,18,20)(H,19,21)/t13-,17-/m1/s1. The molecule has 1 aliphatic heterocycles. The summed E-state index contributed by atoms with van der Waals surface area (Å²) in [7, 11) is 1.57. The lowest BCUT2D eigenvalue weighted by molar-refractivity contribution is -0.134. The summed E-state index contributed by atoms with van der Waals surface area (Å²) in [5.41, 5.74) is -0.167. The Hall–Kier alpha value is -1.88. The maximum absolute atomic E-state index is 12.6. The number of benzene rings is 1. The number of rotatable bonds is 5. The molecule has 22 heavy (non-hydrogen) atoms. The molecule has 1 fully saturated rings. The molecule has 0 saturated carbocycles. The Balaban J connectivity index is 2.08. The Morgan fingerprint density at radius 1 is 1.27 bits per heavy atom. The van der Waals surface area contributed by atoms with Gasteiger partial charge in [0.2, 0.25) is 5.91 Å². The van der Waals surface area contributed by atoms with Crippen LogP contribution >= 0.6 is 0 Å². The summed E-state index contributed by atoms with van der Waals surface area (Å²) in [6.07, 6.45) is 0.518. The summed E-state index contributed by atoms with van der Waals surface area (Å²) in [5, 5.41) is 5.46. The van der Waals surface area contributed by atoms with E-state index in [-0.39, 0.29) is 17.2 Å². The third kappa shape index (κ3) is 3.65. The van der Waals surface area contributed by atoms with Crippen molar-refractivity contribution in [3.8, 4) is 0 Å². The van der Waals surface area contributed by atoms with Crippen molar-refractivity contribution in [3.05, 3.63) is 35.9 Å². The van der Waals surface area contributed by atoms with Crippen molar-refractivity contribution in [1.82, 2.24) is 10.6 Å². The zero-order valence-electron chi connectivity index (χ0n) is 13.6. The number of hydrogen-bond acceptors (Lipinski definition) is 3. The summed E-state index contributed by atoms with van der Waals surface area (Å²) in [4.78, 5) is 24.6. The molecule has 1 aliphatic rings. The van der Waals surface area contributed by atoms with E-state index in [1.54, 1.807) is 7.05 Å². The van der Waals surface area contributed by atoms with E-state index in [4.69, 9.17) is 4.74 Å². The molecule has 0 radical (unpaired) electrons. The van der Waals surface area contributed by atoms with Crippen LogP contribution in [0.2, 0.25) is 0 Å². The lowest BCUT2D eigenvalue weighted by Crippen LogP contribution is -2.56. The topological polar surface area (TPSA) is 70.7 Å². The van der Waals surface area contributed by atoms with Crippen LogP contribution in [0.5, 0.6) is 0 Å². The highest BCUT2D eigenvalue weighted by Crippen LogP contribution is 2.32. The molecule has 0 aromatic heterocycles. The zero-order chi connectivity index (χ0) is 16.4. The Kier molecular flexibility index (Phi) is 4.56. The molecule has 0 spiro atoms. The van der Waals surface area contributed by atoms with Crippen LogP contribution in [0.4, 0.5) is 0 Å². The second-order valence-corrected chi connectivity index (χ2v) is 6.83. The van der Waals surface area contributed by atoms with E-state index < -0.39 is 11.6 Å². The smallest absolute Gasteiger partial charge is 0.255 e. The average Bonchev–Trinajstić information content (AvgIpc) is 3.24. The van der Waals surface area contributed by atoms with Crippen LogP contribution in [-0.4, -0.2) is 37.1 Å². The van der Waals surface area contributed by atoms with Crippen molar-refractivity contribution in [1.29, 1.82) is 0 Å². The normalized spacial score (nSPS) is 21.8. The molecule has 0 unspecified atom stereocenters. The summed E-state index contributed by atoms with van der Waals surface area (Å²) in [6, 6.07) is 9.15. The minimum absolute atomic E-state index is 0.198. The third-order valence-electron chi connectivity index (χ3n) is 3.89. The van der Waals surface area contributed by atoms with E-state index in [9.17, 15) is 9.59 Å². The van der Waals surface area contributed by atoms with Crippen LogP contribution in [0, 0.1) is 5.41 Å². The first kappa shape index (κ1) is 16.5. The van der Waals surface area contributed by atoms with Crippen molar-refractivity contribution in [2.24, 2.45) is 5.41 Å². The van der Waals surface area contributed by atoms with Crippen LogP contribution < -0.4 is 10.6 Å². The highest BCUT2D eigenvalue weighted by atomic mass is 16.6. The molecule has 2 rings (SSSR count). The largest absolute Gasteiger partial charge is 0.359 e. The molecule has 5 nitrogen and oxygen atoms in total. The van der Waals surface area contributed by atoms with Crippen molar-refractivity contribution in [2.45, 2.75) is 38.8 Å². The van der Waals surface area contributed by atoms with Crippen LogP contribution in [0.15, 0.2) is 30.3 Å². The van der Waals surface area contributed by atoms with Gasteiger partial charge in [0.1, 0.15) is 6.04 Å². The number of hydrogen-bond donors (Lipinski definition) is 2. The second kappa shape index (κ2) is 6.08. The fraction of sp³-hybridized carbons (Fsp3) is 0.529. The fourth-order valence-electron chi connectivity index (χ4n) is 2.41. The summed E-state index contributed by atoms with van der Waals surface area (Å²) in [6.45, 7) is 6.15. The van der Waals surface area contributed by atoms with Crippen molar-refractivity contribution in [3.63, 3.8) is 0 Å². The van der Waals surface area contributed by atoms with E-state index in [0.717, 1.165) is 5.56 Å². The lowest BCUT2D eigenvalue weighted by Gasteiger charge is -2.30. The molecular weight excluding hydrogens is 280 g/mol. The predicted molar refractivity (Wildman–Crippen MR) is 84.3 cm³/mol. The minimum Gasteiger partial charge on any atom is -0.359 e. The van der Waals surface area contributed by atoms with Crippen molar-refractivity contribution < 1.29 is 14.3 Å². The van der Waals surface area contributed by atoms with Crippen LogP contribution in [0.1, 0.15) is 26.3 Å². The van der Waals surface area contributed by atoms with Crippen LogP contribution in [0.3, 0.4) is 0 Å². The van der Waals surface area contributed by atoms with Gasteiger partial charge in [-0.05, 0) is 11.0 Å². The van der Waals surface area contributed by atoms with Gasteiger partial charge in [-0.15, -0.1) is 0 Å². The van der Waals surface area contributed by atoms with E-state index in [0.29, 0.717) is 13.0 Å². The van der Waals surface area contributed by atoms with Crippen LogP contribution in [0.25, 0.3) is 0 Å². The molecule has 2 N–H and O–H groups in total. The van der Waals surface area contributed by atoms with E-state index in [2.05, 4.69) is 10.6 Å². The molecule has 1 saturated heterocycles. The van der Waals surface area contributed by atoms with E-state index in [1.807, 2.05) is 51.1 Å². The van der Waals surface area contributed by atoms with Gasteiger partial charge in [-0.25, -0.2) is 0 Å². The number of carbonyl (C=O) groups is 2. The number of ether oxygens (including phenoxy) is 1. The van der Waals surface area contributed by atoms with E-state index in [1.165, 1.54) is 0 Å². The Morgan fingerprint density at radius 2 is 1.86 bits per heavy atom.